The van der Waals surface area contributed by atoms with E-state index in [0.29, 0.717) is 6.42 Å². The lowest BCUT2D eigenvalue weighted by Crippen LogP contribution is -2.25. The minimum Gasteiger partial charge on any atom is -0.492 e. The van der Waals surface area contributed by atoms with Crippen molar-refractivity contribution >= 4 is 0 Å². The fraction of sp³-hybridized carbons (Fsp3) is 0.800. The molecule has 2 nitrogen and oxygen atoms in total. The van der Waals surface area contributed by atoms with Gasteiger partial charge in [-0.15, -0.1) is 0 Å². The first-order valence-electron chi connectivity index (χ1n) is 4.50. The van der Waals surface area contributed by atoms with Crippen LogP contribution < -0.4 is 0 Å². The third-order valence-corrected chi connectivity index (χ3v) is 1.79. The van der Waals surface area contributed by atoms with Crippen LogP contribution in [0, 0.1) is 0 Å². The molecule has 1 N–H and O–H groups in total. The standard InChI is InChI=1S/C10H20O2/c1-5-9(6-2)12-10(3,4)7-8-11/h5,11H,6-8H2,1-4H3. The molecule has 12 heavy (non-hydrogen) atoms. The van der Waals surface area contributed by atoms with Gasteiger partial charge < -0.3 is 9.84 Å². The van der Waals surface area contributed by atoms with Gasteiger partial charge in [0, 0.05) is 19.4 Å². The van der Waals surface area contributed by atoms with Crippen molar-refractivity contribution in [3.8, 4) is 0 Å². The second kappa shape index (κ2) is 5.20. The molecule has 0 saturated carbocycles. The number of aliphatic hydroxyl groups excluding tert-OH is 1. The van der Waals surface area contributed by atoms with Crippen molar-refractivity contribution in [3.05, 3.63) is 11.8 Å². The first-order valence-corrected chi connectivity index (χ1v) is 4.50. The molecule has 0 aliphatic heterocycles. The summed E-state index contributed by atoms with van der Waals surface area (Å²) in [5, 5.41) is 8.76. The molecule has 72 valence electrons. The van der Waals surface area contributed by atoms with Gasteiger partial charge >= 0.3 is 0 Å². The molecule has 0 amide bonds. The van der Waals surface area contributed by atoms with E-state index in [0.717, 1.165) is 12.2 Å². The van der Waals surface area contributed by atoms with Crippen molar-refractivity contribution in [2.75, 3.05) is 6.61 Å². The number of hydrogen-bond acceptors (Lipinski definition) is 2. The zero-order valence-electron chi connectivity index (χ0n) is 8.55. The molecular weight excluding hydrogens is 152 g/mol. The summed E-state index contributed by atoms with van der Waals surface area (Å²) in [6.45, 7) is 8.18. The van der Waals surface area contributed by atoms with E-state index >= 15 is 0 Å². The molecule has 0 rings (SSSR count). The van der Waals surface area contributed by atoms with Crippen LogP contribution in [-0.4, -0.2) is 17.3 Å². The van der Waals surface area contributed by atoms with Crippen LogP contribution in [-0.2, 0) is 4.74 Å². The van der Waals surface area contributed by atoms with E-state index in [-0.39, 0.29) is 12.2 Å². The lowest BCUT2D eigenvalue weighted by molar-refractivity contribution is 0.0103. The van der Waals surface area contributed by atoms with Crippen LogP contribution >= 0.6 is 0 Å². The van der Waals surface area contributed by atoms with Crippen LogP contribution in [0.4, 0.5) is 0 Å². The van der Waals surface area contributed by atoms with Gasteiger partial charge in [0.15, 0.2) is 0 Å². The Kier molecular flexibility index (Phi) is 4.98. The van der Waals surface area contributed by atoms with Gasteiger partial charge in [0.1, 0.15) is 5.60 Å². The molecule has 0 aromatic rings. The summed E-state index contributed by atoms with van der Waals surface area (Å²) in [4.78, 5) is 0. The summed E-state index contributed by atoms with van der Waals surface area (Å²) < 4.78 is 5.68. The number of allylic oxidation sites excluding steroid dienone is 2. The second-order valence-electron chi connectivity index (χ2n) is 3.44. The number of rotatable bonds is 5. The van der Waals surface area contributed by atoms with E-state index < -0.39 is 0 Å². The van der Waals surface area contributed by atoms with Crippen LogP contribution in [0.1, 0.15) is 40.5 Å². The highest BCUT2D eigenvalue weighted by Crippen LogP contribution is 2.19. The molecule has 0 heterocycles. The van der Waals surface area contributed by atoms with E-state index in [9.17, 15) is 0 Å². The Morgan fingerprint density at radius 2 is 2.08 bits per heavy atom. The lowest BCUT2D eigenvalue weighted by Gasteiger charge is -2.26. The summed E-state index contributed by atoms with van der Waals surface area (Å²) in [7, 11) is 0. The highest BCUT2D eigenvalue weighted by molar-refractivity contribution is 4.91. The van der Waals surface area contributed by atoms with E-state index in [1.54, 1.807) is 0 Å². The Morgan fingerprint density at radius 1 is 1.50 bits per heavy atom. The third-order valence-electron chi connectivity index (χ3n) is 1.79. The number of ether oxygens (including phenoxy) is 1. The first-order chi connectivity index (χ1) is 5.55. The molecule has 0 fully saturated rings. The van der Waals surface area contributed by atoms with Crippen molar-refractivity contribution in [3.63, 3.8) is 0 Å². The lowest BCUT2D eigenvalue weighted by atomic mass is 10.1. The van der Waals surface area contributed by atoms with Gasteiger partial charge in [-0.1, -0.05) is 6.92 Å². The highest BCUT2D eigenvalue weighted by Gasteiger charge is 2.18. The van der Waals surface area contributed by atoms with Gasteiger partial charge in [-0.2, -0.15) is 0 Å². The normalized spacial score (nSPS) is 13.2. The maximum atomic E-state index is 8.76. The minimum atomic E-state index is -0.243. The van der Waals surface area contributed by atoms with Crippen molar-refractivity contribution in [1.29, 1.82) is 0 Å². The highest BCUT2D eigenvalue weighted by atomic mass is 16.5. The molecule has 0 aromatic carbocycles. The fourth-order valence-electron chi connectivity index (χ4n) is 1.01. The molecule has 0 aromatic heterocycles. The van der Waals surface area contributed by atoms with E-state index in [4.69, 9.17) is 9.84 Å². The predicted octanol–water partition coefficient (Wildman–Crippen LogP) is 2.48. The van der Waals surface area contributed by atoms with Crippen LogP contribution in [0.15, 0.2) is 11.8 Å². The topological polar surface area (TPSA) is 29.5 Å². The molecule has 0 aliphatic carbocycles. The van der Waals surface area contributed by atoms with E-state index in [1.165, 1.54) is 0 Å². The molecular formula is C10H20O2. The molecule has 0 spiro atoms. The average molecular weight is 172 g/mol. The summed E-state index contributed by atoms with van der Waals surface area (Å²) >= 11 is 0. The molecule has 0 aliphatic rings. The van der Waals surface area contributed by atoms with Gasteiger partial charge in [0.05, 0.1) is 5.76 Å². The maximum absolute atomic E-state index is 8.76. The zero-order chi connectivity index (χ0) is 9.61. The Labute approximate surface area is 75.2 Å². The number of aliphatic hydroxyl groups is 1. The SMILES string of the molecule is CC=C(CC)OC(C)(C)CCO. The largest absolute Gasteiger partial charge is 0.492 e. The smallest absolute Gasteiger partial charge is 0.105 e. The van der Waals surface area contributed by atoms with Gasteiger partial charge in [-0.3, -0.25) is 0 Å². The molecule has 0 unspecified atom stereocenters. The Balaban J connectivity index is 4.03. The molecule has 0 radical (unpaired) electrons. The fourth-order valence-corrected chi connectivity index (χ4v) is 1.01. The van der Waals surface area contributed by atoms with Crippen molar-refractivity contribution in [1.82, 2.24) is 0 Å². The van der Waals surface area contributed by atoms with Crippen LogP contribution in [0.5, 0.6) is 0 Å². The summed E-state index contributed by atoms with van der Waals surface area (Å²) in [6, 6.07) is 0. The summed E-state index contributed by atoms with van der Waals surface area (Å²) in [5.41, 5.74) is -0.243. The van der Waals surface area contributed by atoms with Crippen LogP contribution in [0.3, 0.4) is 0 Å². The quantitative estimate of drug-likeness (QED) is 0.645. The minimum absolute atomic E-state index is 0.174. The van der Waals surface area contributed by atoms with E-state index in [1.807, 2.05) is 26.8 Å². The molecule has 0 saturated heterocycles. The monoisotopic (exact) mass is 172 g/mol. The summed E-state index contributed by atoms with van der Waals surface area (Å²) in [6.07, 6.45) is 3.55. The van der Waals surface area contributed by atoms with Crippen molar-refractivity contribution in [2.45, 2.75) is 46.1 Å². The van der Waals surface area contributed by atoms with Gasteiger partial charge in [0.25, 0.3) is 0 Å². The van der Waals surface area contributed by atoms with Gasteiger partial charge in [0.2, 0.25) is 0 Å². The predicted molar refractivity (Wildman–Crippen MR) is 50.9 cm³/mol. The maximum Gasteiger partial charge on any atom is 0.105 e. The average Bonchev–Trinajstić information content (AvgIpc) is 2.00. The third kappa shape index (κ3) is 4.39. The molecule has 0 atom stereocenters. The van der Waals surface area contributed by atoms with Gasteiger partial charge in [-0.05, 0) is 26.8 Å². The van der Waals surface area contributed by atoms with Crippen molar-refractivity contribution < 1.29 is 9.84 Å². The Hall–Kier alpha value is -0.500. The van der Waals surface area contributed by atoms with Crippen molar-refractivity contribution in [2.24, 2.45) is 0 Å². The second-order valence-corrected chi connectivity index (χ2v) is 3.44. The summed E-state index contributed by atoms with van der Waals surface area (Å²) in [5.74, 6) is 0.994. The number of hydrogen-bond donors (Lipinski definition) is 1. The first kappa shape index (κ1) is 11.5. The Morgan fingerprint density at radius 3 is 2.42 bits per heavy atom. The Bertz CT molecular complexity index is 148. The van der Waals surface area contributed by atoms with E-state index in [2.05, 4.69) is 6.92 Å². The van der Waals surface area contributed by atoms with Crippen LogP contribution in [0.25, 0.3) is 0 Å². The van der Waals surface area contributed by atoms with Gasteiger partial charge in [-0.25, -0.2) is 0 Å². The molecule has 2 heteroatoms. The molecule has 0 bridgehead atoms. The zero-order valence-corrected chi connectivity index (χ0v) is 8.55. The van der Waals surface area contributed by atoms with Crippen LogP contribution in [0.2, 0.25) is 0 Å².